The van der Waals surface area contributed by atoms with Gasteiger partial charge in [0.05, 0.1) is 12.8 Å². The predicted molar refractivity (Wildman–Crippen MR) is 64.6 cm³/mol. The molecule has 1 unspecified atom stereocenters. The first-order valence-corrected chi connectivity index (χ1v) is 5.87. The summed E-state index contributed by atoms with van der Waals surface area (Å²) in [6.07, 6.45) is 1.64. The van der Waals surface area contributed by atoms with E-state index in [4.69, 9.17) is 4.42 Å². The van der Waals surface area contributed by atoms with Crippen LogP contribution in [0.3, 0.4) is 0 Å². The molecule has 1 aliphatic rings. The minimum absolute atomic E-state index is 0.0775. The van der Waals surface area contributed by atoms with Gasteiger partial charge in [-0.25, -0.2) is 4.79 Å². The molecule has 5 heteroatoms. The third kappa shape index (κ3) is 2.79. The largest absolute Gasteiger partial charge is 0.467 e. The highest BCUT2D eigenvalue weighted by molar-refractivity contribution is 5.74. The first-order valence-electron chi connectivity index (χ1n) is 5.87. The number of nitrogens with zero attached hydrogens (tertiary/aromatic N) is 2. The van der Waals surface area contributed by atoms with Crippen molar-refractivity contribution in [1.82, 2.24) is 15.1 Å². The molecule has 1 saturated heterocycles. The van der Waals surface area contributed by atoms with Crippen molar-refractivity contribution in [1.29, 1.82) is 0 Å². The summed E-state index contributed by atoms with van der Waals surface area (Å²) in [6, 6.07) is 3.82. The summed E-state index contributed by atoms with van der Waals surface area (Å²) in [5.74, 6) is 1.30. The number of urea groups is 1. The van der Waals surface area contributed by atoms with E-state index < -0.39 is 0 Å². The Hall–Kier alpha value is -1.49. The van der Waals surface area contributed by atoms with E-state index in [1.165, 1.54) is 0 Å². The molecule has 2 heterocycles. The van der Waals surface area contributed by atoms with E-state index in [2.05, 4.69) is 5.32 Å². The van der Waals surface area contributed by atoms with Crippen LogP contribution in [-0.2, 0) is 6.54 Å². The lowest BCUT2D eigenvalue weighted by atomic mass is 10.1. The Labute approximate surface area is 101 Å². The molecule has 1 aromatic heterocycles. The number of amides is 2. The van der Waals surface area contributed by atoms with Gasteiger partial charge in [0.2, 0.25) is 0 Å². The summed E-state index contributed by atoms with van der Waals surface area (Å²) >= 11 is 0. The van der Waals surface area contributed by atoms with Crippen molar-refractivity contribution in [3.63, 3.8) is 0 Å². The summed E-state index contributed by atoms with van der Waals surface area (Å²) in [6.45, 7) is 3.07. The van der Waals surface area contributed by atoms with Gasteiger partial charge in [-0.15, -0.1) is 0 Å². The maximum absolute atomic E-state index is 12.0. The third-order valence-electron chi connectivity index (χ3n) is 3.03. The van der Waals surface area contributed by atoms with Gasteiger partial charge in [-0.3, -0.25) is 0 Å². The molecule has 2 rings (SSSR count). The Kier molecular flexibility index (Phi) is 3.68. The number of carbonyl (C=O) groups is 1. The van der Waals surface area contributed by atoms with Crippen LogP contribution in [0.2, 0.25) is 0 Å². The maximum Gasteiger partial charge on any atom is 0.320 e. The van der Waals surface area contributed by atoms with Gasteiger partial charge in [0.25, 0.3) is 0 Å². The van der Waals surface area contributed by atoms with Crippen LogP contribution in [0, 0.1) is 5.92 Å². The van der Waals surface area contributed by atoms with Crippen LogP contribution in [0.15, 0.2) is 22.8 Å². The second-order valence-electron chi connectivity index (χ2n) is 4.55. The minimum Gasteiger partial charge on any atom is -0.467 e. The van der Waals surface area contributed by atoms with Gasteiger partial charge in [0.1, 0.15) is 5.76 Å². The van der Waals surface area contributed by atoms with Gasteiger partial charge in [-0.05, 0) is 19.2 Å². The van der Waals surface area contributed by atoms with E-state index in [1.54, 1.807) is 11.2 Å². The molecule has 0 saturated carbocycles. The number of hydrogen-bond acceptors (Lipinski definition) is 3. The monoisotopic (exact) mass is 237 g/mol. The lowest BCUT2D eigenvalue weighted by Crippen LogP contribution is -2.53. The van der Waals surface area contributed by atoms with Crippen LogP contribution in [0.5, 0.6) is 0 Å². The molecular weight excluding hydrogens is 218 g/mol. The van der Waals surface area contributed by atoms with Gasteiger partial charge in [-0.2, -0.15) is 0 Å². The molecule has 1 N–H and O–H groups in total. The molecular formula is C12H19N3O2. The van der Waals surface area contributed by atoms with E-state index >= 15 is 0 Å². The zero-order chi connectivity index (χ0) is 12.3. The molecule has 1 atom stereocenters. The van der Waals surface area contributed by atoms with Crippen LogP contribution in [0.1, 0.15) is 5.76 Å². The third-order valence-corrected chi connectivity index (χ3v) is 3.03. The van der Waals surface area contributed by atoms with E-state index in [9.17, 15) is 4.79 Å². The lowest BCUT2D eigenvalue weighted by Gasteiger charge is -2.38. The molecule has 2 amide bonds. The molecule has 1 fully saturated rings. The van der Waals surface area contributed by atoms with Crippen LogP contribution < -0.4 is 5.32 Å². The summed E-state index contributed by atoms with van der Waals surface area (Å²) in [5, 5.41) is 3.16. The summed E-state index contributed by atoms with van der Waals surface area (Å²) < 4.78 is 5.29. The van der Waals surface area contributed by atoms with Crippen molar-refractivity contribution >= 4 is 6.03 Å². The second kappa shape index (κ2) is 5.23. The van der Waals surface area contributed by atoms with Gasteiger partial charge >= 0.3 is 6.03 Å². The fourth-order valence-corrected chi connectivity index (χ4v) is 2.29. The molecule has 1 aliphatic heterocycles. The molecule has 17 heavy (non-hydrogen) atoms. The Morgan fingerprint density at radius 3 is 3.00 bits per heavy atom. The zero-order valence-electron chi connectivity index (χ0n) is 10.3. The molecule has 0 bridgehead atoms. The Bertz CT molecular complexity index is 364. The Morgan fingerprint density at radius 2 is 2.35 bits per heavy atom. The Morgan fingerprint density at radius 1 is 1.53 bits per heavy atom. The molecule has 5 nitrogen and oxygen atoms in total. The average Bonchev–Trinajstić information content (AvgIpc) is 2.78. The van der Waals surface area contributed by atoms with Gasteiger partial charge in [0, 0.05) is 32.6 Å². The van der Waals surface area contributed by atoms with Crippen molar-refractivity contribution < 1.29 is 9.21 Å². The van der Waals surface area contributed by atoms with E-state index in [1.807, 2.05) is 31.1 Å². The van der Waals surface area contributed by atoms with E-state index in [0.717, 1.165) is 25.4 Å². The van der Waals surface area contributed by atoms with Crippen molar-refractivity contribution in [2.75, 3.05) is 33.7 Å². The van der Waals surface area contributed by atoms with E-state index in [0.29, 0.717) is 12.5 Å². The van der Waals surface area contributed by atoms with Crippen molar-refractivity contribution in [3.8, 4) is 0 Å². The first-order chi connectivity index (χ1) is 8.20. The molecule has 0 aliphatic carbocycles. The fourth-order valence-electron chi connectivity index (χ4n) is 2.29. The number of hydrogen-bond donors (Lipinski definition) is 1. The SMILES string of the molecule is CNCC1CN(C)C(=O)N(Cc2ccco2)C1. The predicted octanol–water partition coefficient (Wildman–Crippen LogP) is 0.983. The first kappa shape index (κ1) is 12.0. The fraction of sp³-hybridized carbons (Fsp3) is 0.583. The molecule has 0 radical (unpaired) electrons. The molecule has 0 aromatic carbocycles. The molecule has 1 aromatic rings. The van der Waals surface area contributed by atoms with Gasteiger partial charge < -0.3 is 19.5 Å². The van der Waals surface area contributed by atoms with Crippen molar-refractivity contribution in [3.05, 3.63) is 24.2 Å². The van der Waals surface area contributed by atoms with Crippen LogP contribution in [0.25, 0.3) is 0 Å². The van der Waals surface area contributed by atoms with Crippen molar-refractivity contribution in [2.45, 2.75) is 6.54 Å². The maximum atomic E-state index is 12.0. The second-order valence-corrected chi connectivity index (χ2v) is 4.55. The molecule has 94 valence electrons. The Balaban J connectivity index is 2.01. The number of nitrogens with one attached hydrogen (secondary N) is 1. The average molecular weight is 237 g/mol. The normalized spacial score (nSPS) is 21.1. The highest BCUT2D eigenvalue weighted by atomic mass is 16.3. The minimum atomic E-state index is 0.0775. The summed E-state index contributed by atoms with van der Waals surface area (Å²) in [4.78, 5) is 15.6. The van der Waals surface area contributed by atoms with E-state index in [-0.39, 0.29) is 6.03 Å². The smallest absolute Gasteiger partial charge is 0.320 e. The quantitative estimate of drug-likeness (QED) is 0.849. The lowest BCUT2D eigenvalue weighted by molar-refractivity contribution is 0.108. The highest BCUT2D eigenvalue weighted by Gasteiger charge is 2.29. The van der Waals surface area contributed by atoms with Crippen molar-refractivity contribution in [2.24, 2.45) is 5.92 Å². The molecule has 0 spiro atoms. The highest BCUT2D eigenvalue weighted by Crippen LogP contribution is 2.16. The number of carbonyl (C=O) groups excluding carboxylic acids is 1. The van der Waals surface area contributed by atoms with Crippen LogP contribution in [0.4, 0.5) is 4.79 Å². The summed E-state index contributed by atoms with van der Waals surface area (Å²) in [5.41, 5.74) is 0. The standard InChI is InChI=1S/C12H19N3O2/c1-13-6-10-7-14(2)12(16)15(8-10)9-11-4-3-5-17-11/h3-5,10,13H,6-9H2,1-2H3. The van der Waals surface area contributed by atoms with Gasteiger partial charge in [-0.1, -0.05) is 0 Å². The van der Waals surface area contributed by atoms with Crippen LogP contribution >= 0.6 is 0 Å². The number of furan rings is 1. The van der Waals surface area contributed by atoms with Crippen LogP contribution in [-0.4, -0.2) is 49.6 Å². The van der Waals surface area contributed by atoms with Gasteiger partial charge in [0.15, 0.2) is 0 Å². The number of rotatable bonds is 4. The zero-order valence-corrected chi connectivity index (χ0v) is 10.3. The topological polar surface area (TPSA) is 48.7 Å². The summed E-state index contributed by atoms with van der Waals surface area (Å²) in [7, 11) is 3.78.